The van der Waals surface area contributed by atoms with Crippen LogP contribution in [0.3, 0.4) is 0 Å². The van der Waals surface area contributed by atoms with Gasteiger partial charge in [-0.15, -0.1) is 0 Å². The van der Waals surface area contributed by atoms with Crippen LogP contribution in [0, 0.1) is 11.8 Å². The Labute approximate surface area is 138 Å². The van der Waals surface area contributed by atoms with E-state index in [0.29, 0.717) is 0 Å². The summed E-state index contributed by atoms with van der Waals surface area (Å²) >= 11 is 1.63. The van der Waals surface area contributed by atoms with Gasteiger partial charge < -0.3 is 5.32 Å². The van der Waals surface area contributed by atoms with Crippen molar-refractivity contribution in [3.8, 4) is 0 Å². The first kappa shape index (κ1) is 13.3. The van der Waals surface area contributed by atoms with E-state index in [9.17, 15) is 0 Å². The number of amidine groups is 1. The van der Waals surface area contributed by atoms with Crippen molar-refractivity contribution in [2.45, 2.75) is 24.6 Å². The van der Waals surface area contributed by atoms with Gasteiger partial charge in [-0.25, -0.2) is 9.39 Å². The van der Waals surface area contributed by atoms with E-state index in [1.165, 1.54) is 18.6 Å². The molecule has 0 radical (unpaired) electrons. The van der Waals surface area contributed by atoms with E-state index >= 15 is 0 Å². The number of fused-ring (bicyclic) bond motifs is 1. The number of aliphatic imine (C=N–C) groups is 2. The Morgan fingerprint density at radius 1 is 1.26 bits per heavy atom. The van der Waals surface area contributed by atoms with Gasteiger partial charge in [-0.2, -0.15) is 5.10 Å². The van der Waals surface area contributed by atoms with E-state index in [1.807, 2.05) is 24.8 Å². The molecule has 5 rings (SSSR count). The Balaban J connectivity index is 1.30. The number of aromatic amines is 1. The lowest BCUT2D eigenvalue weighted by Gasteiger charge is -2.21. The zero-order valence-corrected chi connectivity index (χ0v) is 13.3. The van der Waals surface area contributed by atoms with Gasteiger partial charge in [-0.05, 0) is 36.3 Å². The standard InChI is InChI=1S/C16H16N6S/c1-2-9(1)13-5-14(23-22-13)21-16-15-11(3-4-17-16)12(8-18-15)10-6-19-20-7-10/h3-4,6-9,11,14H,1-2,5H2,(H,17,21)(H,19,20). The van der Waals surface area contributed by atoms with Crippen molar-refractivity contribution in [1.82, 2.24) is 15.5 Å². The van der Waals surface area contributed by atoms with E-state index in [2.05, 4.69) is 36.0 Å². The highest BCUT2D eigenvalue weighted by atomic mass is 32.2. The summed E-state index contributed by atoms with van der Waals surface area (Å²) in [6.07, 6.45) is 13.2. The Hall–Kier alpha value is -2.15. The lowest BCUT2D eigenvalue weighted by atomic mass is 9.91. The third-order valence-electron chi connectivity index (χ3n) is 4.57. The molecule has 0 spiro atoms. The Bertz CT molecular complexity index is 782. The van der Waals surface area contributed by atoms with Crippen molar-refractivity contribution in [3.63, 3.8) is 0 Å². The minimum atomic E-state index is 0.155. The molecular formula is C16H16N6S. The minimum absolute atomic E-state index is 0.155. The van der Waals surface area contributed by atoms with Crippen molar-refractivity contribution >= 4 is 34.8 Å². The summed E-state index contributed by atoms with van der Waals surface area (Å²) in [5.74, 6) is 1.77. The van der Waals surface area contributed by atoms with E-state index in [0.717, 1.165) is 35.0 Å². The molecule has 0 amide bonds. The number of nitrogens with one attached hydrogen (secondary N) is 2. The molecule has 2 N–H and O–H groups in total. The molecule has 116 valence electrons. The van der Waals surface area contributed by atoms with Crippen LogP contribution < -0.4 is 5.32 Å². The fourth-order valence-corrected chi connectivity index (χ4v) is 4.07. The zero-order chi connectivity index (χ0) is 15.2. The number of H-pyrrole nitrogens is 1. The second kappa shape index (κ2) is 5.19. The normalized spacial score (nSPS) is 28.9. The van der Waals surface area contributed by atoms with Gasteiger partial charge in [0.05, 0.1) is 17.8 Å². The molecule has 1 aromatic rings. The summed E-state index contributed by atoms with van der Waals surface area (Å²) in [5, 5.41) is 10.7. The lowest BCUT2D eigenvalue weighted by molar-refractivity contribution is 0.847. The molecule has 1 aromatic heterocycles. The number of hydrogen-bond acceptors (Lipinski definition) is 6. The smallest absolute Gasteiger partial charge is 0.149 e. The van der Waals surface area contributed by atoms with Crippen LogP contribution in [-0.4, -0.2) is 32.8 Å². The van der Waals surface area contributed by atoms with Gasteiger partial charge in [0.1, 0.15) is 11.2 Å². The van der Waals surface area contributed by atoms with Crippen LogP contribution >= 0.6 is 11.9 Å². The van der Waals surface area contributed by atoms with Crippen LogP contribution in [0.5, 0.6) is 0 Å². The number of aromatic nitrogens is 2. The van der Waals surface area contributed by atoms with Crippen LogP contribution in [0.25, 0.3) is 5.57 Å². The van der Waals surface area contributed by atoms with Crippen molar-refractivity contribution in [2.24, 2.45) is 26.2 Å². The molecule has 1 saturated carbocycles. The number of rotatable bonds is 3. The van der Waals surface area contributed by atoms with Gasteiger partial charge >= 0.3 is 0 Å². The van der Waals surface area contributed by atoms with Gasteiger partial charge in [-0.1, -0.05) is 6.08 Å². The summed E-state index contributed by atoms with van der Waals surface area (Å²) in [6.45, 7) is 0. The molecule has 0 bridgehead atoms. The molecule has 1 fully saturated rings. The monoisotopic (exact) mass is 324 g/mol. The van der Waals surface area contributed by atoms with Crippen molar-refractivity contribution in [1.29, 1.82) is 0 Å². The van der Waals surface area contributed by atoms with Crippen LogP contribution in [0.2, 0.25) is 0 Å². The fraction of sp³-hybridized carbons (Fsp3) is 0.375. The maximum absolute atomic E-state index is 4.62. The molecule has 7 heteroatoms. The van der Waals surface area contributed by atoms with Crippen LogP contribution in [-0.2, 0) is 0 Å². The average Bonchev–Trinajstić information content (AvgIpc) is 2.99. The summed E-state index contributed by atoms with van der Waals surface area (Å²) < 4.78 is 4.62. The van der Waals surface area contributed by atoms with Crippen molar-refractivity contribution in [3.05, 3.63) is 36.4 Å². The molecular weight excluding hydrogens is 308 g/mol. The summed E-state index contributed by atoms with van der Waals surface area (Å²) in [5.41, 5.74) is 4.59. The first-order chi connectivity index (χ1) is 11.4. The average molecular weight is 324 g/mol. The molecule has 1 aliphatic carbocycles. The molecule has 4 aliphatic rings. The Kier molecular flexibility index (Phi) is 3.00. The third-order valence-corrected chi connectivity index (χ3v) is 5.45. The number of hydrogen-bond donors (Lipinski definition) is 2. The quantitative estimate of drug-likeness (QED) is 0.839. The third kappa shape index (κ3) is 2.35. The van der Waals surface area contributed by atoms with Crippen LogP contribution in [0.15, 0.2) is 45.3 Å². The van der Waals surface area contributed by atoms with Crippen LogP contribution in [0.1, 0.15) is 24.8 Å². The lowest BCUT2D eigenvalue weighted by Crippen LogP contribution is -2.40. The van der Waals surface area contributed by atoms with E-state index < -0.39 is 0 Å². The van der Waals surface area contributed by atoms with Gasteiger partial charge in [0.25, 0.3) is 0 Å². The highest BCUT2D eigenvalue weighted by Crippen LogP contribution is 2.38. The maximum atomic E-state index is 4.62. The van der Waals surface area contributed by atoms with Crippen LogP contribution in [0.4, 0.5) is 0 Å². The summed E-state index contributed by atoms with van der Waals surface area (Å²) in [4.78, 5) is 9.12. The molecule has 2 atom stereocenters. The molecule has 2 unspecified atom stereocenters. The maximum Gasteiger partial charge on any atom is 0.149 e. The number of nitrogens with zero attached hydrogens (tertiary/aromatic N) is 4. The topological polar surface area (TPSA) is 77.8 Å². The molecule has 6 nitrogen and oxygen atoms in total. The highest BCUT2D eigenvalue weighted by Gasteiger charge is 2.35. The van der Waals surface area contributed by atoms with E-state index in [1.54, 1.807) is 11.9 Å². The summed E-state index contributed by atoms with van der Waals surface area (Å²) in [7, 11) is 0. The molecule has 0 aromatic carbocycles. The molecule has 3 aliphatic heterocycles. The summed E-state index contributed by atoms with van der Waals surface area (Å²) in [6, 6.07) is 0. The largest absolute Gasteiger partial charge is 0.355 e. The molecule has 23 heavy (non-hydrogen) atoms. The van der Waals surface area contributed by atoms with Crippen molar-refractivity contribution < 1.29 is 0 Å². The first-order valence-electron chi connectivity index (χ1n) is 7.89. The Morgan fingerprint density at radius 2 is 2.22 bits per heavy atom. The van der Waals surface area contributed by atoms with Gasteiger partial charge in [0.2, 0.25) is 0 Å². The predicted octanol–water partition coefficient (Wildman–Crippen LogP) is 2.57. The first-order valence-corrected chi connectivity index (χ1v) is 8.73. The minimum Gasteiger partial charge on any atom is -0.355 e. The highest BCUT2D eigenvalue weighted by molar-refractivity contribution is 7.99. The van der Waals surface area contributed by atoms with Crippen molar-refractivity contribution in [2.75, 3.05) is 0 Å². The van der Waals surface area contributed by atoms with Gasteiger partial charge in [0, 0.05) is 36.3 Å². The van der Waals surface area contributed by atoms with E-state index in [4.69, 9.17) is 0 Å². The van der Waals surface area contributed by atoms with Gasteiger partial charge in [0.15, 0.2) is 0 Å². The SMILES string of the molecule is C1=CC2C(c3cn[nH]c3)=CN=C2C(NC2CC(C3CC3)=NS2)=N1. The fourth-order valence-electron chi connectivity index (χ4n) is 3.18. The zero-order valence-electron chi connectivity index (χ0n) is 12.4. The number of allylic oxidation sites excluding steroid dienone is 2. The van der Waals surface area contributed by atoms with Gasteiger partial charge in [-0.3, -0.25) is 10.1 Å². The molecule has 0 saturated heterocycles. The second-order valence-electron chi connectivity index (χ2n) is 6.18. The Morgan fingerprint density at radius 3 is 3.04 bits per heavy atom. The molecule has 4 heterocycles. The second-order valence-corrected chi connectivity index (χ2v) is 7.14. The predicted molar refractivity (Wildman–Crippen MR) is 93.4 cm³/mol. The van der Waals surface area contributed by atoms with E-state index in [-0.39, 0.29) is 11.3 Å².